The lowest BCUT2D eigenvalue weighted by molar-refractivity contribution is 0.0381. The molecule has 0 saturated heterocycles. The minimum atomic E-state index is 0.274. The molecular formula is C12H23N3OS. The van der Waals surface area contributed by atoms with Crippen molar-refractivity contribution in [1.29, 1.82) is 0 Å². The molecule has 1 rings (SSSR count). The zero-order chi connectivity index (χ0) is 12.7. The van der Waals surface area contributed by atoms with Crippen LogP contribution in [0.3, 0.4) is 0 Å². The van der Waals surface area contributed by atoms with Crippen molar-refractivity contribution in [3.05, 3.63) is 5.69 Å². The van der Waals surface area contributed by atoms with Crippen LogP contribution in [-0.4, -0.2) is 22.2 Å². The molecule has 0 radical (unpaired) electrons. The molecule has 0 saturated carbocycles. The summed E-state index contributed by atoms with van der Waals surface area (Å²) in [5.41, 5.74) is 0.930. The van der Waals surface area contributed by atoms with E-state index >= 15 is 0 Å². The van der Waals surface area contributed by atoms with Gasteiger partial charge in [-0.2, -0.15) is 0 Å². The molecule has 1 aromatic heterocycles. The number of nitrogens with one attached hydrogen (secondary N) is 1. The predicted octanol–water partition coefficient (Wildman–Crippen LogP) is 3.31. The summed E-state index contributed by atoms with van der Waals surface area (Å²) in [6.45, 7) is 10.2. The molecule has 1 N–H and O–H groups in total. The van der Waals surface area contributed by atoms with E-state index in [-0.39, 0.29) is 6.10 Å². The Labute approximate surface area is 108 Å². The predicted molar refractivity (Wildman–Crippen MR) is 72.4 cm³/mol. The van der Waals surface area contributed by atoms with Gasteiger partial charge in [0.25, 0.3) is 0 Å². The summed E-state index contributed by atoms with van der Waals surface area (Å²) < 4.78 is 9.75. The molecule has 0 spiro atoms. The molecule has 1 aromatic rings. The summed E-state index contributed by atoms with van der Waals surface area (Å²) in [4.78, 5) is 0. The highest BCUT2D eigenvalue weighted by Crippen LogP contribution is 2.19. The maximum atomic E-state index is 5.78. The summed E-state index contributed by atoms with van der Waals surface area (Å²) >= 11 is 1.40. The molecule has 98 valence electrons. The second-order valence-corrected chi connectivity index (χ2v) is 5.48. The Morgan fingerprint density at radius 3 is 2.76 bits per heavy atom. The van der Waals surface area contributed by atoms with Crippen molar-refractivity contribution >= 4 is 16.5 Å². The van der Waals surface area contributed by atoms with Gasteiger partial charge in [0.2, 0.25) is 0 Å². The lowest BCUT2D eigenvalue weighted by Gasteiger charge is -2.14. The third-order valence-corrected chi connectivity index (χ3v) is 3.13. The monoisotopic (exact) mass is 257 g/mol. The van der Waals surface area contributed by atoms with Crippen LogP contribution in [0.4, 0.5) is 5.00 Å². The van der Waals surface area contributed by atoms with Crippen LogP contribution in [0, 0.1) is 5.92 Å². The molecular weight excluding hydrogens is 234 g/mol. The Hall–Kier alpha value is -0.680. The van der Waals surface area contributed by atoms with Crippen LogP contribution < -0.4 is 5.32 Å². The number of anilines is 1. The van der Waals surface area contributed by atoms with Crippen LogP contribution in [0.15, 0.2) is 0 Å². The first-order valence-corrected chi connectivity index (χ1v) is 7.07. The van der Waals surface area contributed by atoms with Crippen molar-refractivity contribution in [3.8, 4) is 0 Å². The molecule has 0 aliphatic rings. The van der Waals surface area contributed by atoms with Gasteiger partial charge in [0, 0.05) is 18.1 Å². The standard InChI is InChI=1S/C12H23N3OS/c1-5-6-13-12-11(14-15-17-12)8-16-10(4)7-9(2)3/h9-10,13H,5-8H2,1-4H3. The number of nitrogens with zero attached hydrogens (tertiary/aromatic N) is 2. The Kier molecular flexibility index (Phi) is 6.44. The molecule has 0 bridgehead atoms. The first-order chi connectivity index (χ1) is 8.13. The highest BCUT2D eigenvalue weighted by atomic mass is 32.1. The molecule has 4 nitrogen and oxygen atoms in total. The van der Waals surface area contributed by atoms with Crippen LogP contribution in [0.2, 0.25) is 0 Å². The molecule has 1 atom stereocenters. The lowest BCUT2D eigenvalue weighted by Crippen LogP contribution is -2.12. The molecule has 5 heteroatoms. The van der Waals surface area contributed by atoms with E-state index in [1.807, 2.05) is 0 Å². The first-order valence-electron chi connectivity index (χ1n) is 6.30. The zero-order valence-electron chi connectivity index (χ0n) is 11.2. The zero-order valence-corrected chi connectivity index (χ0v) is 12.0. The third-order valence-electron chi connectivity index (χ3n) is 2.40. The molecule has 1 heterocycles. The van der Waals surface area contributed by atoms with Gasteiger partial charge in [0.05, 0.1) is 12.7 Å². The van der Waals surface area contributed by atoms with Gasteiger partial charge in [-0.05, 0) is 25.7 Å². The number of hydrogen-bond donors (Lipinski definition) is 1. The van der Waals surface area contributed by atoms with E-state index in [2.05, 4.69) is 42.6 Å². The average molecular weight is 257 g/mol. The van der Waals surface area contributed by atoms with E-state index in [4.69, 9.17) is 4.74 Å². The third kappa shape index (κ3) is 5.46. The minimum Gasteiger partial charge on any atom is -0.374 e. The van der Waals surface area contributed by atoms with Gasteiger partial charge in [0.15, 0.2) is 0 Å². The van der Waals surface area contributed by atoms with Crippen LogP contribution in [-0.2, 0) is 11.3 Å². The largest absolute Gasteiger partial charge is 0.374 e. The molecule has 0 aliphatic heterocycles. The van der Waals surface area contributed by atoms with Crippen LogP contribution in [0.1, 0.15) is 46.2 Å². The number of hydrogen-bond acceptors (Lipinski definition) is 5. The molecule has 0 aliphatic carbocycles. The molecule has 0 fully saturated rings. The van der Waals surface area contributed by atoms with Crippen molar-refractivity contribution in [2.45, 2.75) is 53.2 Å². The average Bonchev–Trinajstić information content (AvgIpc) is 2.70. The summed E-state index contributed by atoms with van der Waals surface area (Å²) in [5, 5.41) is 8.47. The smallest absolute Gasteiger partial charge is 0.135 e. The van der Waals surface area contributed by atoms with Crippen molar-refractivity contribution in [2.75, 3.05) is 11.9 Å². The van der Waals surface area contributed by atoms with Gasteiger partial charge in [0.1, 0.15) is 10.7 Å². The Bertz CT molecular complexity index is 314. The van der Waals surface area contributed by atoms with E-state index in [9.17, 15) is 0 Å². The summed E-state index contributed by atoms with van der Waals surface area (Å²) in [6.07, 6.45) is 2.45. The van der Waals surface area contributed by atoms with Crippen molar-refractivity contribution in [3.63, 3.8) is 0 Å². The Balaban J connectivity index is 2.37. The minimum absolute atomic E-state index is 0.274. The number of rotatable bonds is 8. The number of aromatic nitrogens is 2. The summed E-state index contributed by atoms with van der Waals surface area (Å²) in [6, 6.07) is 0. The van der Waals surface area contributed by atoms with Crippen molar-refractivity contribution in [1.82, 2.24) is 9.59 Å². The van der Waals surface area contributed by atoms with Crippen molar-refractivity contribution < 1.29 is 4.74 Å². The lowest BCUT2D eigenvalue weighted by atomic mass is 10.1. The topological polar surface area (TPSA) is 47.0 Å². The normalized spacial score (nSPS) is 13.0. The fourth-order valence-corrected chi connectivity index (χ4v) is 2.22. The van der Waals surface area contributed by atoms with Gasteiger partial charge >= 0.3 is 0 Å². The van der Waals surface area contributed by atoms with Crippen LogP contribution in [0.25, 0.3) is 0 Å². The fourth-order valence-electron chi connectivity index (χ4n) is 1.63. The maximum Gasteiger partial charge on any atom is 0.135 e. The van der Waals surface area contributed by atoms with E-state index in [0.717, 1.165) is 30.1 Å². The summed E-state index contributed by atoms with van der Waals surface area (Å²) in [7, 11) is 0. The quantitative estimate of drug-likeness (QED) is 0.776. The fraction of sp³-hybridized carbons (Fsp3) is 0.833. The van der Waals surface area contributed by atoms with Gasteiger partial charge < -0.3 is 10.1 Å². The van der Waals surface area contributed by atoms with E-state index in [1.54, 1.807) is 0 Å². The highest BCUT2D eigenvalue weighted by Gasteiger charge is 2.10. The second kappa shape index (κ2) is 7.61. The molecule has 17 heavy (non-hydrogen) atoms. The highest BCUT2D eigenvalue weighted by molar-refractivity contribution is 7.10. The Morgan fingerprint density at radius 1 is 1.35 bits per heavy atom. The molecule has 0 aromatic carbocycles. The molecule has 0 amide bonds. The van der Waals surface area contributed by atoms with E-state index in [0.29, 0.717) is 12.5 Å². The molecule has 1 unspecified atom stereocenters. The Morgan fingerprint density at radius 2 is 2.12 bits per heavy atom. The van der Waals surface area contributed by atoms with E-state index < -0.39 is 0 Å². The van der Waals surface area contributed by atoms with Crippen LogP contribution in [0.5, 0.6) is 0 Å². The van der Waals surface area contributed by atoms with Gasteiger partial charge in [-0.25, -0.2) is 0 Å². The van der Waals surface area contributed by atoms with Gasteiger partial charge in [-0.15, -0.1) is 5.10 Å². The SMILES string of the molecule is CCCNc1snnc1COC(C)CC(C)C. The van der Waals surface area contributed by atoms with Gasteiger partial charge in [-0.3, -0.25) is 0 Å². The summed E-state index contributed by atoms with van der Waals surface area (Å²) in [5.74, 6) is 0.663. The number of ether oxygens (including phenoxy) is 1. The van der Waals surface area contributed by atoms with Gasteiger partial charge in [-0.1, -0.05) is 25.3 Å². The maximum absolute atomic E-state index is 5.78. The second-order valence-electron chi connectivity index (χ2n) is 4.73. The first kappa shape index (κ1) is 14.4. The van der Waals surface area contributed by atoms with Crippen LogP contribution >= 0.6 is 11.5 Å². The van der Waals surface area contributed by atoms with Crippen molar-refractivity contribution in [2.24, 2.45) is 5.92 Å². The van der Waals surface area contributed by atoms with E-state index in [1.165, 1.54) is 11.5 Å².